The second-order valence-electron chi connectivity index (χ2n) is 4.27. The highest BCUT2D eigenvalue weighted by atomic mass is 19.1. The molecule has 110 valence electrons. The summed E-state index contributed by atoms with van der Waals surface area (Å²) in [5.74, 6) is -1.22. The van der Waals surface area contributed by atoms with Crippen LogP contribution in [0.3, 0.4) is 0 Å². The van der Waals surface area contributed by atoms with Crippen LogP contribution in [0.25, 0.3) is 11.0 Å². The topological polar surface area (TPSA) is 67.0 Å². The molecule has 0 saturated heterocycles. The molecule has 1 aromatic carbocycles. The quantitative estimate of drug-likeness (QED) is 0.669. The Morgan fingerprint density at radius 3 is 2.86 bits per heavy atom. The second-order valence-corrected chi connectivity index (χ2v) is 4.27. The Balaban J connectivity index is 2.63. The maximum absolute atomic E-state index is 14.6. The van der Waals surface area contributed by atoms with E-state index in [0.29, 0.717) is 11.2 Å². The minimum atomic E-state index is -0.621. The van der Waals surface area contributed by atoms with Crippen molar-refractivity contribution in [1.82, 2.24) is 9.97 Å². The monoisotopic (exact) mass is 289 g/mol. The molecule has 0 amide bonds. The maximum Gasteiger partial charge on any atom is 0.340 e. The molecule has 0 saturated carbocycles. The molecule has 0 atom stereocenters. The van der Waals surface area contributed by atoms with Crippen molar-refractivity contribution in [3.63, 3.8) is 0 Å². The number of hydrogen-bond acceptors (Lipinski definition) is 4. The lowest BCUT2D eigenvalue weighted by molar-refractivity contribution is 0.0601. The number of aromatic nitrogens is 2. The van der Waals surface area contributed by atoms with Crippen molar-refractivity contribution < 1.29 is 13.9 Å². The molecular weight excluding hydrogens is 273 g/mol. The SMILES string of the molecule is C/C=C\C(=C/C)Nc1c(C(=O)OC)cc2[nH]cnc2c1F. The van der Waals surface area contributed by atoms with Crippen molar-refractivity contribution >= 4 is 22.7 Å². The Labute approximate surface area is 121 Å². The van der Waals surface area contributed by atoms with Crippen LogP contribution in [-0.2, 0) is 4.74 Å². The van der Waals surface area contributed by atoms with Gasteiger partial charge >= 0.3 is 5.97 Å². The van der Waals surface area contributed by atoms with Gasteiger partial charge in [0.15, 0.2) is 5.82 Å². The lowest BCUT2D eigenvalue weighted by Gasteiger charge is -2.13. The van der Waals surface area contributed by atoms with Crippen molar-refractivity contribution in [1.29, 1.82) is 0 Å². The van der Waals surface area contributed by atoms with E-state index >= 15 is 0 Å². The summed E-state index contributed by atoms with van der Waals surface area (Å²) < 4.78 is 19.3. The second kappa shape index (κ2) is 6.21. The summed E-state index contributed by atoms with van der Waals surface area (Å²) in [6, 6.07) is 1.52. The van der Waals surface area contributed by atoms with Crippen LogP contribution in [0.4, 0.5) is 10.1 Å². The van der Waals surface area contributed by atoms with Gasteiger partial charge in [-0.25, -0.2) is 14.2 Å². The number of carbonyl (C=O) groups excluding carboxylic acids is 1. The van der Waals surface area contributed by atoms with Crippen molar-refractivity contribution in [2.75, 3.05) is 12.4 Å². The van der Waals surface area contributed by atoms with Crippen LogP contribution in [0.15, 0.2) is 36.3 Å². The number of nitrogens with zero attached hydrogens (tertiary/aromatic N) is 1. The van der Waals surface area contributed by atoms with E-state index in [2.05, 4.69) is 15.3 Å². The third-order valence-corrected chi connectivity index (χ3v) is 2.99. The molecule has 0 aliphatic carbocycles. The lowest BCUT2D eigenvalue weighted by atomic mass is 10.1. The highest BCUT2D eigenvalue weighted by molar-refractivity contribution is 6.01. The van der Waals surface area contributed by atoms with Gasteiger partial charge in [-0.15, -0.1) is 0 Å². The summed E-state index contributed by atoms with van der Waals surface area (Å²) in [6.07, 6.45) is 6.73. The fraction of sp³-hybridized carbons (Fsp3) is 0.200. The number of benzene rings is 1. The molecule has 0 spiro atoms. The summed E-state index contributed by atoms with van der Waals surface area (Å²) >= 11 is 0. The fourth-order valence-electron chi connectivity index (χ4n) is 1.97. The summed E-state index contributed by atoms with van der Waals surface area (Å²) in [4.78, 5) is 18.6. The Hall–Kier alpha value is -2.63. The zero-order valence-electron chi connectivity index (χ0n) is 12.0. The van der Waals surface area contributed by atoms with Gasteiger partial charge in [0.05, 0.1) is 30.2 Å². The van der Waals surface area contributed by atoms with Gasteiger partial charge in [0.1, 0.15) is 5.52 Å². The number of esters is 1. The first-order valence-corrected chi connectivity index (χ1v) is 6.42. The van der Waals surface area contributed by atoms with Gasteiger partial charge in [-0.2, -0.15) is 0 Å². The molecule has 1 aromatic heterocycles. The molecule has 6 heteroatoms. The molecule has 0 fully saturated rings. The Morgan fingerprint density at radius 2 is 2.24 bits per heavy atom. The van der Waals surface area contributed by atoms with Gasteiger partial charge in [0, 0.05) is 5.70 Å². The van der Waals surface area contributed by atoms with Gasteiger partial charge in [0.2, 0.25) is 0 Å². The van der Waals surface area contributed by atoms with E-state index in [9.17, 15) is 9.18 Å². The normalized spacial score (nSPS) is 12.1. The van der Waals surface area contributed by atoms with E-state index < -0.39 is 11.8 Å². The molecular formula is C15H16FN3O2. The fourth-order valence-corrected chi connectivity index (χ4v) is 1.97. The Morgan fingerprint density at radius 1 is 1.48 bits per heavy atom. The van der Waals surface area contributed by atoms with Crippen LogP contribution >= 0.6 is 0 Å². The zero-order valence-corrected chi connectivity index (χ0v) is 12.0. The van der Waals surface area contributed by atoms with E-state index in [1.165, 1.54) is 19.5 Å². The number of carbonyl (C=O) groups is 1. The summed E-state index contributed by atoms with van der Waals surface area (Å²) in [6.45, 7) is 3.66. The first-order chi connectivity index (χ1) is 10.1. The summed E-state index contributed by atoms with van der Waals surface area (Å²) in [5, 5.41) is 2.91. The van der Waals surface area contributed by atoms with Crippen LogP contribution in [0.1, 0.15) is 24.2 Å². The minimum Gasteiger partial charge on any atom is -0.465 e. The van der Waals surface area contributed by atoms with Crippen LogP contribution in [-0.4, -0.2) is 23.0 Å². The van der Waals surface area contributed by atoms with Crippen LogP contribution in [0, 0.1) is 5.82 Å². The molecule has 0 unspecified atom stereocenters. The first-order valence-electron chi connectivity index (χ1n) is 6.42. The first kappa shape index (κ1) is 14.8. The number of allylic oxidation sites excluding steroid dienone is 3. The predicted octanol–water partition coefficient (Wildman–Crippen LogP) is 3.38. The summed E-state index contributed by atoms with van der Waals surface area (Å²) in [5.41, 5.74) is 1.42. The molecule has 1 heterocycles. The molecule has 2 rings (SSSR count). The number of H-pyrrole nitrogens is 1. The number of fused-ring (bicyclic) bond motifs is 1. The number of aromatic amines is 1. The molecule has 21 heavy (non-hydrogen) atoms. The average molecular weight is 289 g/mol. The number of anilines is 1. The lowest BCUT2D eigenvalue weighted by Crippen LogP contribution is -2.10. The standard InChI is InChI=1S/C15H16FN3O2/c1-4-6-9(5-2)19-13-10(15(20)21-3)7-11-14(12(13)16)18-8-17-11/h4-8,19H,1-3H3,(H,17,18)/b6-4-,9-5+. The van der Waals surface area contributed by atoms with E-state index in [1.807, 2.05) is 19.9 Å². The molecule has 2 N–H and O–H groups in total. The average Bonchev–Trinajstić information content (AvgIpc) is 2.96. The van der Waals surface area contributed by atoms with Crippen molar-refractivity contribution in [3.8, 4) is 0 Å². The van der Waals surface area contributed by atoms with Gasteiger partial charge in [-0.05, 0) is 26.0 Å². The van der Waals surface area contributed by atoms with E-state index in [4.69, 9.17) is 4.74 Å². The Kier molecular flexibility index (Phi) is 4.37. The smallest absolute Gasteiger partial charge is 0.340 e. The van der Waals surface area contributed by atoms with Crippen molar-refractivity contribution in [3.05, 3.63) is 47.7 Å². The third kappa shape index (κ3) is 2.79. The highest BCUT2D eigenvalue weighted by Gasteiger charge is 2.21. The number of ether oxygens (including phenoxy) is 1. The molecule has 0 aliphatic heterocycles. The number of halogens is 1. The number of hydrogen-bond donors (Lipinski definition) is 2. The predicted molar refractivity (Wildman–Crippen MR) is 79.6 cm³/mol. The zero-order chi connectivity index (χ0) is 15.4. The minimum absolute atomic E-state index is 0.0488. The number of nitrogens with one attached hydrogen (secondary N) is 2. The van der Waals surface area contributed by atoms with E-state index in [-0.39, 0.29) is 16.8 Å². The number of rotatable bonds is 4. The van der Waals surface area contributed by atoms with Crippen LogP contribution in [0.2, 0.25) is 0 Å². The van der Waals surface area contributed by atoms with Crippen molar-refractivity contribution in [2.24, 2.45) is 0 Å². The molecule has 2 aromatic rings. The number of methoxy groups -OCH3 is 1. The highest BCUT2D eigenvalue weighted by Crippen LogP contribution is 2.28. The molecule has 0 bridgehead atoms. The van der Waals surface area contributed by atoms with Crippen molar-refractivity contribution in [2.45, 2.75) is 13.8 Å². The van der Waals surface area contributed by atoms with Gasteiger partial charge in [0.25, 0.3) is 0 Å². The van der Waals surface area contributed by atoms with Crippen LogP contribution in [0.5, 0.6) is 0 Å². The van der Waals surface area contributed by atoms with Gasteiger partial charge in [-0.1, -0.05) is 12.2 Å². The largest absolute Gasteiger partial charge is 0.465 e. The number of imidazole rings is 1. The molecule has 5 nitrogen and oxygen atoms in total. The molecule has 0 radical (unpaired) electrons. The Bertz CT molecular complexity index is 732. The third-order valence-electron chi connectivity index (χ3n) is 2.99. The van der Waals surface area contributed by atoms with Gasteiger partial charge in [-0.3, -0.25) is 0 Å². The molecule has 0 aliphatic rings. The maximum atomic E-state index is 14.6. The van der Waals surface area contributed by atoms with E-state index in [1.54, 1.807) is 12.2 Å². The van der Waals surface area contributed by atoms with E-state index in [0.717, 1.165) is 0 Å². The van der Waals surface area contributed by atoms with Crippen LogP contribution < -0.4 is 5.32 Å². The summed E-state index contributed by atoms with van der Waals surface area (Å²) in [7, 11) is 1.25. The van der Waals surface area contributed by atoms with Gasteiger partial charge < -0.3 is 15.0 Å².